The number of aliphatic hydroxyl groups is 1. The van der Waals surface area contributed by atoms with Crippen LogP contribution in [-0.4, -0.2) is 54.7 Å². The molecule has 1 heterocycles. The largest absolute Gasteiger partial charge is 0.494 e. The van der Waals surface area contributed by atoms with Gasteiger partial charge in [-0.25, -0.2) is 4.99 Å². The molecule has 2 atom stereocenters. The first kappa shape index (κ1) is 25.2. The zero-order chi connectivity index (χ0) is 25.5. The van der Waals surface area contributed by atoms with E-state index in [4.69, 9.17) is 19.6 Å². The summed E-state index contributed by atoms with van der Waals surface area (Å²) in [7, 11) is 3.46. The van der Waals surface area contributed by atoms with Gasteiger partial charge < -0.3 is 19.5 Å². The summed E-state index contributed by atoms with van der Waals surface area (Å²) in [6, 6.07) is 25.7. The molecular formula is C30H32N2O4. The highest BCUT2D eigenvalue weighted by Gasteiger charge is 2.53. The molecule has 3 aromatic rings. The van der Waals surface area contributed by atoms with Crippen LogP contribution in [0.25, 0.3) is 11.1 Å². The molecular weight excluding hydrogens is 452 g/mol. The van der Waals surface area contributed by atoms with Crippen molar-refractivity contribution in [2.24, 2.45) is 4.99 Å². The average Bonchev–Trinajstić information content (AvgIpc) is 3.30. The summed E-state index contributed by atoms with van der Waals surface area (Å²) < 4.78 is 12.1. The van der Waals surface area contributed by atoms with Crippen LogP contribution in [0, 0.1) is 0 Å². The van der Waals surface area contributed by atoms with Crippen LogP contribution in [0.15, 0.2) is 96.5 Å². The third-order valence-electron chi connectivity index (χ3n) is 6.19. The van der Waals surface area contributed by atoms with Gasteiger partial charge in [0.15, 0.2) is 11.6 Å². The van der Waals surface area contributed by atoms with Crippen molar-refractivity contribution in [1.82, 2.24) is 4.90 Å². The molecule has 0 saturated carbocycles. The average molecular weight is 485 g/mol. The van der Waals surface area contributed by atoms with Gasteiger partial charge >= 0.3 is 0 Å². The number of carbonyl (C=O) groups is 1. The van der Waals surface area contributed by atoms with Crippen LogP contribution < -0.4 is 4.74 Å². The SMILES string of the molecule is C=CC[C@@]1(C(=O)N(C)C)N=C(c2ccc(OCCCO)cc2)O[C@@H]1c1ccc(-c2ccccc2)cc1. The Balaban J connectivity index is 1.68. The molecule has 6 heteroatoms. The van der Waals surface area contributed by atoms with Gasteiger partial charge in [-0.1, -0.05) is 60.7 Å². The van der Waals surface area contributed by atoms with Gasteiger partial charge in [0.25, 0.3) is 5.91 Å². The number of hydrogen-bond acceptors (Lipinski definition) is 5. The van der Waals surface area contributed by atoms with Gasteiger partial charge in [-0.3, -0.25) is 4.79 Å². The minimum absolute atomic E-state index is 0.0851. The van der Waals surface area contributed by atoms with E-state index in [0.29, 0.717) is 31.1 Å². The molecule has 0 bridgehead atoms. The molecule has 0 unspecified atom stereocenters. The normalized spacial score (nSPS) is 18.8. The zero-order valence-corrected chi connectivity index (χ0v) is 20.8. The summed E-state index contributed by atoms with van der Waals surface area (Å²) in [6.45, 7) is 4.43. The minimum Gasteiger partial charge on any atom is -0.494 e. The van der Waals surface area contributed by atoms with Gasteiger partial charge in [0, 0.05) is 39.1 Å². The number of rotatable bonds is 10. The molecule has 1 aliphatic rings. The first-order valence-electron chi connectivity index (χ1n) is 12.1. The maximum atomic E-state index is 13.6. The summed E-state index contributed by atoms with van der Waals surface area (Å²) >= 11 is 0. The van der Waals surface area contributed by atoms with Gasteiger partial charge in [-0.15, -0.1) is 6.58 Å². The van der Waals surface area contributed by atoms with E-state index in [9.17, 15) is 4.79 Å². The van der Waals surface area contributed by atoms with Crippen molar-refractivity contribution in [3.8, 4) is 16.9 Å². The van der Waals surface area contributed by atoms with Crippen molar-refractivity contribution in [1.29, 1.82) is 0 Å². The van der Waals surface area contributed by atoms with Gasteiger partial charge in [-0.05, 0) is 41.0 Å². The quantitative estimate of drug-likeness (QED) is 0.323. The van der Waals surface area contributed by atoms with Gasteiger partial charge in [-0.2, -0.15) is 0 Å². The number of carbonyl (C=O) groups excluding carboxylic acids is 1. The van der Waals surface area contributed by atoms with E-state index in [2.05, 4.69) is 18.7 Å². The van der Waals surface area contributed by atoms with E-state index in [0.717, 1.165) is 22.3 Å². The van der Waals surface area contributed by atoms with Crippen LogP contribution in [0.1, 0.15) is 30.1 Å². The minimum atomic E-state index is -1.16. The van der Waals surface area contributed by atoms with Crippen molar-refractivity contribution >= 4 is 11.8 Å². The van der Waals surface area contributed by atoms with Crippen molar-refractivity contribution < 1.29 is 19.4 Å². The second-order valence-electron chi connectivity index (χ2n) is 8.97. The Morgan fingerprint density at radius 1 is 1.03 bits per heavy atom. The number of ether oxygens (including phenoxy) is 2. The Kier molecular flexibility index (Phi) is 7.86. The lowest BCUT2D eigenvalue weighted by atomic mass is 9.83. The molecule has 4 rings (SSSR count). The molecule has 0 saturated heterocycles. The van der Waals surface area contributed by atoms with E-state index in [1.165, 1.54) is 0 Å². The highest BCUT2D eigenvalue weighted by atomic mass is 16.5. The number of amides is 1. The van der Waals surface area contributed by atoms with Crippen molar-refractivity contribution in [3.63, 3.8) is 0 Å². The number of hydrogen-bond donors (Lipinski definition) is 1. The number of aliphatic hydroxyl groups excluding tert-OH is 1. The van der Waals surface area contributed by atoms with Crippen LogP contribution in [0.5, 0.6) is 5.75 Å². The highest BCUT2D eigenvalue weighted by molar-refractivity contribution is 6.01. The molecule has 1 N–H and O–H groups in total. The summed E-state index contributed by atoms with van der Waals surface area (Å²) in [6.07, 6.45) is 2.02. The van der Waals surface area contributed by atoms with E-state index >= 15 is 0 Å². The van der Waals surface area contributed by atoms with Crippen molar-refractivity contribution in [2.75, 3.05) is 27.3 Å². The Labute approximate surface area is 212 Å². The Hall–Kier alpha value is -3.90. The van der Waals surface area contributed by atoms with Gasteiger partial charge in [0.2, 0.25) is 5.90 Å². The fourth-order valence-corrected chi connectivity index (χ4v) is 4.39. The second-order valence-corrected chi connectivity index (χ2v) is 8.97. The van der Waals surface area contributed by atoms with Gasteiger partial charge in [0.1, 0.15) is 5.75 Å². The maximum Gasteiger partial charge on any atom is 0.254 e. The summed E-state index contributed by atoms with van der Waals surface area (Å²) in [5, 5.41) is 8.95. The van der Waals surface area contributed by atoms with Crippen LogP contribution >= 0.6 is 0 Å². The van der Waals surface area contributed by atoms with E-state index in [-0.39, 0.29) is 12.5 Å². The monoisotopic (exact) mass is 484 g/mol. The summed E-state index contributed by atoms with van der Waals surface area (Å²) in [5.74, 6) is 0.963. The lowest BCUT2D eigenvalue weighted by molar-refractivity contribution is -0.137. The predicted octanol–water partition coefficient (Wildman–Crippen LogP) is 5.04. The number of likely N-dealkylation sites (N-methyl/N-ethyl adjacent to an activating group) is 1. The lowest BCUT2D eigenvalue weighted by Crippen LogP contribution is -2.47. The Bertz CT molecular complexity index is 1200. The summed E-state index contributed by atoms with van der Waals surface area (Å²) in [5.41, 5.74) is 2.67. The van der Waals surface area contributed by atoms with Crippen LogP contribution in [0.4, 0.5) is 0 Å². The van der Waals surface area contributed by atoms with E-state index < -0.39 is 11.6 Å². The molecule has 1 amide bonds. The fourth-order valence-electron chi connectivity index (χ4n) is 4.39. The third-order valence-corrected chi connectivity index (χ3v) is 6.19. The first-order valence-corrected chi connectivity index (χ1v) is 12.1. The number of nitrogens with zero attached hydrogens (tertiary/aromatic N) is 2. The van der Waals surface area contributed by atoms with Crippen molar-refractivity contribution in [2.45, 2.75) is 24.5 Å². The van der Waals surface area contributed by atoms with Crippen LogP contribution in [0.2, 0.25) is 0 Å². The molecule has 0 aromatic heterocycles. The first-order chi connectivity index (χ1) is 17.5. The molecule has 0 aliphatic carbocycles. The maximum absolute atomic E-state index is 13.6. The van der Waals surface area contributed by atoms with E-state index in [1.54, 1.807) is 25.1 Å². The Morgan fingerprint density at radius 2 is 1.67 bits per heavy atom. The molecule has 1 aliphatic heterocycles. The molecule has 6 nitrogen and oxygen atoms in total. The molecule has 0 radical (unpaired) electrons. The molecule has 186 valence electrons. The molecule has 0 spiro atoms. The predicted molar refractivity (Wildman–Crippen MR) is 142 cm³/mol. The zero-order valence-electron chi connectivity index (χ0n) is 20.8. The van der Waals surface area contributed by atoms with Crippen LogP contribution in [-0.2, 0) is 9.53 Å². The fraction of sp³-hybridized carbons (Fsp3) is 0.267. The Morgan fingerprint density at radius 3 is 2.28 bits per heavy atom. The highest BCUT2D eigenvalue weighted by Crippen LogP contribution is 2.43. The number of benzene rings is 3. The van der Waals surface area contributed by atoms with Crippen LogP contribution in [0.3, 0.4) is 0 Å². The number of aliphatic imine (C=N–C) groups is 1. The standard InChI is InChI=1S/C30H32N2O4/c1-4-19-30(29(34)32(2)3)27(24-13-11-23(12-14-24)22-9-6-5-7-10-22)36-28(31-30)25-15-17-26(18-16-25)35-21-8-20-33/h4-7,9-18,27,33H,1,8,19-21H2,2-3H3/t27-,30-/m1/s1. The third kappa shape index (κ3) is 5.19. The second kappa shape index (κ2) is 11.2. The topological polar surface area (TPSA) is 71.4 Å². The smallest absolute Gasteiger partial charge is 0.254 e. The molecule has 3 aromatic carbocycles. The molecule has 36 heavy (non-hydrogen) atoms. The van der Waals surface area contributed by atoms with E-state index in [1.807, 2.05) is 66.7 Å². The molecule has 0 fully saturated rings. The van der Waals surface area contributed by atoms with Gasteiger partial charge in [0.05, 0.1) is 6.61 Å². The van der Waals surface area contributed by atoms with Crippen molar-refractivity contribution in [3.05, 3.63) is 103 Å². The summed E-state index contributed by atoms with van der Waals surface area (Å²) in [4.78, 5) is 20.0. The lowest BCUT2D eigenvalue weighted by Gasteiger charge is -2.32.